The summed E-state index contributed by atoms with van der Waals surface area (Å²) < 4.78 is 5.87. The summed E-state index contributed by atoms with van der Waals surface area (Å²) >= 11 is 0. The van der Waals surface area contributed by atoms with Crippen LogP contribution in [0.5, 0.6) is 5.75 Å². The summed E-state index contributed by atoms with van der Waals surface area (Å²) in [4.78, 5) is 29.1. The largest absolute Gasteiger partial charge is 0.484 e. The van der Waals surface area contributed by atoms with Crippen LogP contribution in [-0.2, 0) is 22.6 Å². The number of carbonyl (C=O) groups excluding carboxylic acids is 2. The van der Waals surface area contributed by atoms with Crippen LogP contribution in [0.15, 0.2) is 84.9 Å². The van der Waals surface area contributed by atoms with Gasteiger partial charge in [0, 0.05) is 19.0 Å². The van der Waals surface area contributed by atoms with Crippen LogP contribution in [0, 0.1) is 6.92 Å². The Labute approximate surface area is 214 Å². The van der Waals surface area contributed by atoms with Gasteiger partial charge in [0.1, 0.15) is 11.8 Å². The molecule has 0 aliphatic heterocycles. The van der Waals surface area contributed by atoms with Crippen molar-refractivity contribution in [1.82, 2.24) is 10.2 Å². The van der Waals surface area contributed by atoms with E-state index in [0.717, 1.165) is 42.4 Å². The van der Waals surface area contributed by atoms with E-state index in [1.54, 1.807) is 4.90 Å². The van der Waals surface area contributed by atoms with Crippen LogP contribution in [-0.4, -0.2) is 35.4 Å². The standard InChI is InChI=1S/C31H36N2O3/c1-24-12-11-19-28(20-24)36-23-30(34)33(22-26-15-7-3-8-16-26)29(21-25-13-5-2-6-14-25)31(35)32-27-17-9-4-10-18-27/h2-3,5-8,11-16,19-20,27,29H,4,9-10,17-18,21-23H2,1H3,(H,32,35)/t29-/m1/s1. The van der Waals surface area contributed by atoms with E-state index in [1.807, 2.05) is 91.9 Å². The summed E-state index contributed by atoms with van der Waals surface area (Å²) in [7, 11) is 0. The molecule has 0 heterocycles. The number of aryl methyl sites for hydroxylation is 1. The third-order valence-corrected chi connectivity index (χ3v) is 6.77. The van der Waals surface area contributed by atoms with Gasteiger partial charge in [0.15, 0.2) is 6.61 Å². The highest BCUT2D eigenvalue weighted by molar-refractivity contribution is 5.88. The Hall–Kier alpha value is -3.60. The molecule has 4 rings (SSSR count). The van der Waals surface area contributed by atoms with Crippen molar-refractivity contribution in [3.05, 3.63) is 102 Å². The van der Waals surface area contributed by atoms with Crippen molar-refractivity contribution < 1.29 is 14.3 Å². The maximum atomic E-state index is 13.7. The number of benzene rings is 3. The SMILES string of the molecule is Cc1cccc(OCC(=O)N(Cc2ccccc2)[C@H](Cc2ccccc2)C(=O)NC2CCCCC2)c1. The number of hydrogen-bond donors (Lipinski definition) is 1. The van der Waals surface area contributed by atoms with Gasteiger partial charge in [0.05, 0.1) is 0 Å². The van der Waals surface area contributed by atoms with E-state index in [1.165, 1.54) is 6.42 Å². The Morgan fingerprint density at radius 3 is 2.22 bits per heavy atom. The lowest BCUT2D eigenvalue weighted by atomic mass is 9.94. The number of ether oxygens (including phenoxy) is 1. The van der Waals surface area contributed by atoms with Crippen LogP contribution < -0.4 is 10.1 Å². The zero-order chi connectivity index (χ0) is 25.2. The first-order valence-corrected chi connectivity index (χ1v) is 13.0. The Kier molecular flexibility index (Phi) is 9.15. The first kappa shape index (κ1) is 25.5. The maximum Gasteiger partial charge on any atom is 0.261 e. The van der Waals surface area contributed by atoms with E-state index in [-0.39, 0.29) is 24.5 Å². The van der Waals surface area contributed by atoms with Gasteiger partial charge in [-0.3, -0.25) is 9.59 Å². The van der Waals surface area contributed by atoms with Crippen molar-refractivity contribution in [3.8, 4) is 5.75 Å². The molecule has 5 nitrogen and oxygen atoms in total. The first-order valence-electron chi connectivity index (χ1n) is 13.0. The topological polar surface area (TPSA) is 58.6 Å². The van der Waals surface area contributed by atoms with Crippen LogP contribution in [0.25, 0.3) is 0 Å². The molecule has 1 atom stereocenters. The van der Waals surface area contributed by atoms with Crippen LogP contribution in [0.3, 0.4) is 0 Å². The molecule has 3 aromatic rings. The van der Waals surface area contributed by atoms with Gasteiger partial charge in [-0.05, 0) is 48.6 Å². The summed E-state index contributed by atoms with van der Waals surface area (Å²) in [6.45, 7) is 2.20. The highest BCUT2D eigenvalue weighted by Crippen LogP contribution is 2.20. The number of rotatable bonds is 10. The van der Waals surface area contributed by atoms with Gasteiger partial charge in [0.25, 0.3) is 5.91 Å². The zero-order valence-corrected chi connectivity index (χ0v) is 21.1. The molecule has 1 aliphatic carbocycles. The summed E-state index contributed by atoms with van der Waals surface area (Å²) in [5.74, 6) is 0.347. The molecule has 5 heteroatoms. The molecule has 36 heavy (non-hydrogen) atoms. The summed E-state index contributed by atoms with van der Waals surface area (Å²) in [6.07, 6.45) is 5.91. The van der Waals surface area contributed by atoms with Crippen molar-refractivity contribution in [2.24, 2.45) is 0 Å². The smallest absolute Gasteiger partial charge is 0.261 e. The summed E-state index contributed by atoms with van der Waals surface area (Å²) in [5.41, 5.74) is 3.06. The highest BCUT2D eigenvalue weighted by atomic mass is 16.5. The van der Waals surface area contributed by atoms with E-state index < -0.39 is 6.04 Å². The Balaban J connectivity index is 1.59. The van der Waals surface area contributed by atoms with Crippen molar-refractivity contribution in [2.45, 2.75) is 64.1 Å². The fourth-order valence-electron chi connectivity index (χ4n) is 4.81. The minimum absolute atomic E-state index is 0.0920. The lowest BCUT2D eigenvalue weighted by Gasteiger charge is -2.33. The van der Waals surface area contributed by atoms with Crippen molar-refractivity contribution >= 4 is 11.8 Å². The summed E-state index contributed by atoms with van der Waals surface area (Å²) in [5, 5.41) is 3.27. The highest BCUT2D eigenvalue weighted by Gasteiger charge is 2.32. The van der Waals surface area contributed by atoms with E-state index in [4.69, 9.17) is 4.74 Å². The Morgan fingerprint density at radius 1 is 0.889 bits per heavy atom. The van der Waals surface area contributed by atoms with E-state index in [2.05, 4.69) is 5.32 Å². The second-order valence-electron chi connectivity index (χ2n) is 9.66. The molecule has 0 bridgehead atoms. The van der Waals surface area contributed by atoms with Crippen molar-refractivity contribution in [2.75, 3.05) is 6.61 Å². The van der Waals surface area contributed by atoms with Gasteiger partial charge >= 0.3 is 0 Å². The Bertz CT molecular complexity index is 1110. The normalized spacial score (nSPS) is 14.6. The molecule has 0 saturated heterocycles. The molecule has 0 radical (unpaired) electrons. The van der Waals surface area contributed by atoms with Crippen molar-refractivity contribution in [3.63, 3.8) is 0 Å². The van der Waals surface area contributed by atoms with Gasteiger partial charge in [-0.2, -0.15) is 0 Å². The van der Waals surface area contributed by atoms with Gasteiger partial charge in [-0.15, -0.1) is 0 Å². The lowest BCUT2D eigenvalue weighted by Crippen LogP contribution is -2.53. The summed E-state index contributed by atoms with van der Waals surface area (Å²) in [6, 6.07) is 26.9. The van der Waals surface area contributed by atoms with Crippen molar-refractivity contribution in [1.29, 1.82) is 0 Å². The van der Waals surface area contributed by atoms with Crippen LogP contribution >= 0.6 is 0 Å². The molecule has 2 amide bonds. The monoisotopic (exact) mass is 484 g/mol. The number of carbonyl (C=O) groups is 2. The molecule has 1 saturated carbocycles. The lowest BCUT2D eigenvalue weighted by molar-refractivity contribution is -0.143. The first-order chi connectivity index (χ1) is 17.6. The number of nitrogens with one attached hydrogen (secondary N) is 1. The Morgan fingerprint density at radius 2 is 1.56 bits per heavy atom. The number of hydrogen-bond acceptors (Lipinski definition) is 3. The quantitative estimate of drug-likeness (QED) is 0.416. The molecule has 1 N–H and O–H groups in total. The van der Waals surface area contributed by atoms with Crippen LogP contribution in [0.2, 0.25) is 0 Å². The molecule has 0 unspecified atom stereocenters. The van der Waals surface area contributed by atoms with Gasteiger partial charge < -0.3 is 15.0 Å². The van der Waals surface area contributed by atoms with Gasteiger partial charge in [-0.1, -0.05) is 92.1 Å². The average Bonchev–Trinajstić information content (AvgIpc) is 2.91. The molecule has 188 valence electrons. The predicted molar refractivity (Wildman–Crippen MR) is 143 cm³/mol. The number of amides is 2. The minimum Gasteiger partial charge on any atom is -0.484 e. The third-order valence-electron chi connectivity index (χ3n) is 6.77. The molecular weight excluding hydrogens is 448 g/mol. The molecule has 1 aliphatic rings. The second-order valence-corrected chi connectivity index (χ2v) is 9.66. The van der Waals surface area contributed by atoms with Crippen LogP contribution in [0.1, 0.15) is 48.8 Å². The van der Waals surface area contributed by atoms with Gasteiger partial charge in [-0.25, -0.2) is 0 Å². The van der Waals surface area contributed by atoms with Gasteiger partial charge in [0.2, 0.25) is 5.91 Å². The molecule has 0 aromatic heterocycles. The van der Waals surface area contributed by atoms with E-state index in [9.17, 15) is 9.59 Å². The third kappa shape index (κ3) is 7.45. The van der Waals surface area contributed by atoms with Crippen LogP contribution in [0.4, 0.5) is 0 Å². The fraction of sp³-hybridized carbons (Fsp3) is 0.355. The average molecular weight is 485 g/mol. The predicted octanol–water partition coefficient (Wildman–Crippen LogP) is 5.46. The zero-order valence-electron chi connectivity index (χ0n) is 21.1. The van der Waals surface area contributed by atoms with E-state index in [0.29, 0.717) is 18.7 Å². The second kappa shape index (κ2) is 12.9. The molecule has 3 aromatic carbocycles. The molecule has 1 fully saturated rings. The fourth-order valence-corrected chi connectivity index (χ4v) is 4.81. The minimum atomic E-state index is -0.636. The molecule has 0 spiro atoms. The van der Waals surface area contributed by atoms with E-state index >= 15 is 0 Å². The molecular formula is C31H36N2O3. The number of nitrogens with zero attached hydrogens (tertiary/aromatic N) is 1. The maximum absolute atomic E-state index is 13.7.